The van der Waals surface area contributed by atoms with Crippen LogP contribution in [-0.4, -0.2) is 30.1 Å². The Bertz CT molecular complexity index is 689. The molecule has 1 aliphatic rings. The average molecular weight is 310 g/mol. The highest BCUT2D eigenvalue weighted by Crippen LogP contribution is 2.19. The number of nitrogens with one attached hydrogen (secondary N) is 1. The summed E-state index contributed by atoms with van der Waals surface area (Å²) < 4.78 is 5.53. The Labute approximate surface area is 136 Å². The van der Waals surface area contributed by atoms with E-state index in [2.05, 4.69) is 29.4 Å². The molecule has 1 fully saturated rings. The first-order valence-corrected chi connectivity index (χ1v) is 8.08. The van der Waals surface area contributed by atoms with Crippen molar-refractivity contribution in [1.29, 1.82) is 0 Å². The maximum Gasteiger partial charge on any atom is 0.253 e. The van der Waals surface area contributed by atoms with E-state index in [0.29, 0.717) is 12.1 Å². The highest BCUT2D eigenvalue weighted by atomic mass is 16.5. The van der Waals surface area contributed by atoms with Gasteiger partial charge in [-0.15, -0.1) is 0 Å². The minimum absolute atomic E-state index is 0.0824. The van der Waals surface area contributed by atoms with Crippen molar-refractivity contribution >= 4 is 5.91 Å². The lowest BCUT2D eigenvalue weighted by Crippen LogP contribution is -2.32. The summed E-state index contributed by atoms with van der Waals surface area (Å²) in [5.41, 5.74) is 4.53. The third-order valence-corrected chi connectivity index (χ3v) is 4.19. The van der Waals surface area contributed by atoms with Crippen LogP contribution in [0.15, 0.2) is 36.4 Å². The van der Waals surface area contributed by atoms with Gasteiger partial charge in [0, 0.05) is 18.7 Å². The predicted molar refractivity (Wildman–Crippen MR) is 90.5 cm³/mol. The first-order valence-electron chi connectivity index (χ1n) is 8.08. The second-order valence-corrected chi connectivity index (χ2v) is 6.04. The van der Waals surface area contributed by atoms with Gasteiger partial charge >= 0.3 is 0 Å². The number of hydrogen-bond acceptors (Lipinski definition) is 3. The number of rotatable bonds is 4. The summed E-state index contributed by atoms with van der Waals surface area (Å²) in [6, 6.07) is 12.0. The molecule has 0 saturated carbocycles. The molecule has 1 aliphatic heterocycles. The molecule has 1 amide bonds. The number of ether oxygens (including phenoxy) is 1. The van der Waals surface area contributed by atoms with Crippen molar-refractivity contribution in [2.24, 2.45) is 0 Å². The molecule has 4 nitrogen and oxygen atoms in total. The van der Waals surface area contributed by atoms with Crippen LogP contribution in [-0.2, 0) is 4.74 Å². The fraction of sp³-hybridized carbons (Fsp3) is 0.368. The van der Waals surface area contributed by atoms with Gasteiger partial charge in [0.05, 0.1) is 23.1 Å². The van der Waals surface area contributed by atoms with Crippen LogP contribution in [0.25, 0.3) is 11.3 Å². The van der Waals surface area contributed by atoms with Crippen LogP contribution in [0.2, 0.25) is 0 Å². The van der Waals surface area contributed by atoms with Crippen molar-refractivity contribution in [3.8, 4) is 11.3 Å². The molecular formula is C19H22N2O2. The minimum atomic E-state index is -0.0824. The summed E-state index contributed by atoms with van der Waals surface area (Å²) in [6.07, 6.45) is 2.25. The van der Waals surface area contributed by atoms with Gasteiger partial charge in [-0.1, -0.05) is 29.8 Å². The molecule has 1 saturated heterocycles. The van der Waals surface area contributed by atoms with Gasteiger partial charge in [0.15, 0.2) is 0 Å². The van der Waals surface area contributed by atoms with E-state index in [1.807, 2.05) is 31.2 Å². The number of amides is 1. The molecule has 0 spiro atoms. The van der Waals surface area contributed by atoms with Crippen molar-refractivity contribution in [1.82, 2.24) is 10.3 Å². The first-order chi connectivity index (χ1) is 11.1. The average Bonchev–Trinajstić information content (AvgIpc) is 3.06. The Kier molecular flexibility index (Phi) is 4.72. The minimum Gasteiger partial charge on any atom is -0.376 e. The molecule has 3 rings (SSSR count). The number of carbonyl (C=O) groups excluding carboxylic acids is 1. The van der Waals surface area contributed by atoms with Gasteiger partial charge in [0.2, 0.25) is 0 Å². The van der Waals surface area contributed by atoms with E-state index < -0.39 is 0 Å². The van der Waals surface area contributed by atoms with E-state index in [1.54, 1.807) is 0 Å². The molecule has 1 unspecified atom stereocenters. The summed E-state index contributed by atoms with van der Waals surface area (Å²) >= 11 is 0. The van der Waals surface area contributed by atoms with E-state index in [9.17, 15) is 4.79 Å². The summed E-state index contributed by atoms with van der Waals surface area (Å²) in [4.78, 5) is 16.9. The Morgan fingerprint density at radius 3 is 2.65 bits per heavy atom. The number of aryl methyl sites for hydroxylation is 2. The molecule has 1 aromatic heterocycles. The van der Waals surface area contributed by atoms with Crippen molar-refractivity contribution in [2.75, 3.05) is 13.2 Å². The standard InChI is InChI=1S/C19H22N2O2/c1-13-5-7-15(8-6-13)18-10-9-17(14(2)21-18)19(22)20-12-16-4-3-11-23-16/h5-10,16H,3-4,11-12H2,1-2H3,(H,20,22). The third kappa shape index (κ3) is 3.77. The zero-order valence-corrected chi connectivity index (χ0v) is 13.6. The molecule has 4 heteroatoms. The SMILES string of the molecule is Cc1ccc(-c2ccc(C(=O)NCC3CCCO3)c(C)n2)cc1. The van der Waals surface area contributed by atoms with E-state index in [-0.39, 0.29) is 12.0 Å². The number of aromatic nitrogens is 1. The largest absolute Gasteiger partial charge is 0.376 e. The maximum absolute atomic E-state index is 12.3. The summed E-state index contributed by atoms with van der Waals surface area (Å²) in [6.45, 7) is 5.30. The number of hydrogen-bond donors (Lipinski definition) is 1. The lowest BCUT2D eigenvalue weighted by Gasteiger charge is -2.12. The molecule has 0 radical (unpaired) electrons. The molecule has 1 N–H and O–H groups in total. The number of carbonyl (C=O) groups is 1. The van der Waals surface area contributed by atoms with Gasteiger partial charge < -0.3 is 10.1 Å². The predicted octanol–water partition coefficient (Wildman–Crippen LogP) is 3.27. The molecular weight excluding hydrogens is 288 g/mol. The fourth-order valence-electron chi connectivity index (χ4n) is 2.79. The van der Waals surface area contributed by atoms with Crippen molar-refractivity contribution in [3.63, 3.8) is 0 Å². The maximum atomic E-state index is 12.3. The van der Waals surface area contributed by atoms with E-state index in [4.69, 9.17) is 4.74 Å². The zero-order chi connectivity index (χ0) is 16.2. The van der Waals surface area contributed by atoms with Crippen LogP contribution in [0.1, 0.15) is 34.5 Å². The van der Waals surface area contributed by atoms with Gasteiger partial charge in [0.1, 0.15) is 0 Å². The highest BCUT2D eigenvalue weighted by molar-refractivity contribution is 5.95. The first kappa shape index (κ1) is 15.7. The smallest absolute Gasteiger partial charge is 0.253 e. The monoisotopic (exact) mass is 310 g/mol. The topological polar surface area (TPSA) is 51.2 Å². The normalized spacial score (nSPS) is 17.2. The second-order valence-electron chi connectivity index (χ2n) is 6.04. The molecule has 2 heterocycles. The zero-order valence-electron chi connectivity index (χ0n) is 13.6. The highest BCUT2D eigenvalue weighted by Gasteiger charge is 2.17. The number of nitrogens with zero attached hydrogens (tertiary/aromatic N) is 1. The molecule has 1 atom stereocenters. The van der Waals surface area contributed by atoms with Gasteiger partial charge in [-0.25, -0.2) is 0 Å². The molecule has 0 bridgehead atoms. The summed E-state index contributed by atoms with van der Waals surface area (Å²) in [5.74, 6) is -0.0824. The molecule has 23 heavy (non-hydrogen) atoms. The molecule has 0 aliphatic carbocycles. The van der Waals surface area contributed by atoms with Gasteiger partial charge in [0.25, 0.3) is 5.91 Å². The van der Waals surface area contributed by atoms with Gasteiger partial charge in [-0.2, -0.15) is 0 Å². The number of benzene rings is 1. The summed E-state index contributed by atoms with van der Waals surface area (Å²) in [5, 5.41) is 2.94. The van der Waals surface area contributed by atoms with Crippen molar-refractivity contribution in [3.05, 3.63) is 53.2 Å². The van der Waals surface area contributed by atoms with Crippen LogP contribution in [0.4, 0.5) is 0 Å². The number of pyridine rings is 1. The van der Waals surface area contributed by atoms with Crippen LogP contribution >= 0.6 is 0 Å². The quantitative estimate of drug-likeness (QED) is 0.943. The Balaban J connectivity index is 1.70. The Morgan fingerprint density at radius 2 is 2.00 bits per heavy atom. The van der Waals surface area contributed by atoms with Crippen molar-refractivity contribution < 1.29 is 9.53 Å². The molecule has 1 aromatic carbocycles. The van der Waals surface area contributed by atoms with E-state index >= 15 is 0 Å². The van der Waals surface area contributed by atoms with Crippen LogP contribution in [0, 0.1) is 13.8 Å². The lowest BCUT2D eigenvalue weighted by atomic mass is 10.1. The molecule has 2 aromatic rings. The van der Waals surface area contributed by atoms with Gasteiger partial charge in [-0.3, -0.25) is 9.78 Å². The van der Waals surface area contributed by atoms with Crippen molar-refractivity contribution in [2.45, 2.75) is 32.8 Å². The third-order valence-electron chi connectivity index (χ3n) is 4.19. The molecule has 120 valence electrons. The second kappa shape index (κ2) is 6.92. The van der Waals surface area contributed by atoms with Crippen LogP contribution < -0.4 is 5.32 Å². The van der Waals surface area contributed by atoms with Crippen LogP contribution in [0.5, 0.6) is 0 Å². The lowest BCUT2D eigenvalue weighted by molar-refractivity contribution is 0.0857. The summed E-state index contributed by atoms with van der Waals surface area (Å²) in [7, 11) is 0. The fourth-order valence-corrected chi connectivity index (χ4v) is 2.79. The van der Waals surface area contributed by atoms with Crippen LogP contribution in [0.3, 0.4) is 0 Å². The Morgan fingerprint density at radius 1 is 1.22 bits per heavy atom. The van der Waals surface area contributed by atoms with E-state index in [1.165, 1.54) is 5.56 Å². The van der Waals surface area contributed by atoms with E-state index in [0.717, 1.165) is 36.4 Å². The Hall–Kier alpha value is -2.20. The van der Waals surface area contributed by atoms with Gasteiger partial charge in [-0.05, 0) is 38.8 Å².